The Hall–Kier alpha value is -0.940. The predicted octanol–water partition coefficient (Wildman–Crippen LogP) is 2.76. The molecule has 0 aromatic carbocycles. The molecule has 2 rings (SSSR count). The molecule has 1 atom stereocenters. The Balaban J connectivity index is 1.67. The first-order valence-electron chi connectivity index (χ1n) is 6.74. The second-order valence-corrected chi connectivity index (χ2v) is 6.05. The quantitative estimate of drug-likeness (QED) is 0.836. The summed E-state index contributed by atoms with van der Waals surface area (Å²) in [4.78, 5) is 11.8. The molecule has 1 aromatic rings. The lowest BCUT2D eigenvalue weighted by Crippen LogP contribution is -2.30. The number of nitrogens with one attached hydrogen (secondary N) is 1. The van der Waals surface area contributed by atoms with Gasteiger partial charge in [-0.1, -0.05) is 12.8 Å². The van der Waals surface area contributed by atoms with E-state index in [1.165, 1.54) is 25.7 Å². The molecule has 1 aliphatic rings. The van der Waals surface area contributed by atoms with Crippen LogP contribution in [0.1, 0.15) is 37.5 Å². The smallest absolute Gasteiger partial charge is 0.230 e. The van der Waals surface area contributed by atoms with Gasteiger partial charge in [0.25, 0.3) is 0 Å². The third-order valence-corrected chi connectivity index (χ3v) is 4.75. The van der Waals surface area contributed by atoms with E-state index in [-0.39, 0.29) is 12.0 Å². The maximum atomic E-state index is 11.8. The summed E-state index contributed by atoms with van der Waals surface area (Å²) in [6, 6.07) is 3.67. The maximum Gasteiger partial charge on any atom is 0.230 e. The molecule has 0 saturated heterocycles. The lowest BCUT2D eigenvalue weighted by atomic mass is 10.2. The highest BCUT2D eigenvalue weighted by molar-refractivity contribution is 8.00. The second-order valence-electron chi connectivity index (χ2n) is 4.76. The van der Waals surface area contributed by atoms with Crippen LogP contribution in [0, 0.1) is 0 Å². The summed E-state index contributed by atoms with van der Waals surface area (Å²) in [7, 11) is 1.62. The normalized spacial score (nSPS) is 17.5. The zero-order valence-corrected chi connectivity index (χ0v) is 12.1. The monoisotopic (exact) mass is 283 g/mol. The fourth-order valence-corrected chi connectivity index (χ4v) is 3.44. The van der Waals surface area contributed by atoms with Crippen LogP contribution in [-0.4, -0.2) is 30.6 Å². The molecule has 1 fully saturated rings. The Morgan fingerprint density at radius 1 is 1.58 bits per heavy atom. The average Bonchev–Trinajstić information content (AvgIpc) is 3.10. The van der Waals surface area contributed by atoms with E-state index in [2.05, 4.69) is 5.32 Å². The Morgan fingerprint density at radius 2 is 2.37 bits per heavy atom. The minimum Gasteiger partial charge on any atom is -0.467 e. The molecule has 0 bridgehead atoms. The van der Waals surface area contributed by atoms with Gasteiger partial charge in [-0.15, -0.1) is 11.8 Å². The van der Waals surface area contributed by atoms with Crippen LogP contribution < -0.4 is 5.32 Å². The van der Waals surface area contributed by atoms with Crippen molar-refractivity contribution in [3.8, 4) is 0 Å². The third-order valence-electron chi connectivity index (χ3n) is 3.38. The van der Waals surface area contributed by atoms with E-state index in [4.69, 9.17) is 9.15 Å². The van der Waals surface area contributed by atoms with Gasteiger partial charge in [0.2, 0.25) is 5.91 Å². The molecule has 19 heavy (non-hydrogen) atoms. The molecule has 0 radical (unpaired) electrons. The average molecular weight is 283 g/mol. The van der Waals surface area contributed by atoms with Gasteiger partial charge < -0.3 is 14.5 Å². The topological polar surface area (TPSA) is 51.5 Å². The van der Waals surface area contributed by atoms with Crippen molar-refractivity contribution in [2.24, 2.45) is 0 Å². The van der Waals surface area contributed by atoms with E-state index < -0.39 is 0 Å². The highest BCUT2D eigenvalue weighted by Crippen LogP contribution is 2.29. The molecular formula is C14H21NO3S. The first-order chi connectivity index (χ1) is 9.29. The number of rotatable bonds is 7. The summed E-state index contributed by atoms with van der Waals surface area (Å²) >= 11 is 1.77. The van der Waals surface area contributed by atoms with Crippen LogP contribution >= 0.6 is 11.8 Å². The number of carbonyl (C=O) groups excluding carboxylic acids is 1. The molecule has 0 unspecified atom stereocenters. The van der Waals surface area contributed by atoms with Gasteiger partial charge in [0.05, 0.1) is 18.6 Å². The van der Waals surface area contributed by atoms with Crippen molar-refractivity contribution in [2.45, 2.75) is 37.0 Å². The first-order valence-corrected chi connectivity index (χ1v) is 7.79. The molecule has 106 valence electrons. The summed E-state index contributed by atoms with van der Waals surface area (Å²) in [6.07, 6.45) is 6.53. The van der Waals surface area contributed by atoms with Crippen molar-refractivity contribution in [1.82, 2.24) is 5.32 Å². The number of amides is 1. The van der Waals surface area contributed by atoms with Crippen molar-refractivity contribution in [3.05, 3.63) is 24.2 Å². The van der Waals surface area contributed by atoms with E-state index in [0.717, 1.165) is 5.76 Å². The minimum atomic E-state index is -0.213. The van der Waals surface area contributed by atoms with Gasteiger partial charge in [0, 0.05) is 12.4 Å². The van der Waals surface area contributed by atoms with Crippen LogP contribution in [0.4, 0.5) is 0 Å². The van der Waals surface area contributed by atoms with Crippen LogP contribution in [0.5, 0.6) is 0 Å². The summed E-state index contributed by atoms with van der Waals surface area (Å²) in [5, 5.41) is 3.58. The number of hydrogen-bond acceptors (Lipinski definition) is 4. The SMILES string of the molecule is CO[C@@H](CNC(=O)CSC1CCCC1)c1ccco1. The number of carbonyl (C=O) groups is 1. The maximum absolute atomic E-state index is 11.8. The Bertz CT molecular complexity index is 374. The summed E-state index contributed by atoms with van der Waals surface area (Å²) < 4.78 is 10.6. The van der Waals surface area contributed by atoms with Crippen LogP contribution in [0.2, 0.25) is 0 Å². The number of methoxy groups -OCH3 is 1. The van der Waals surface area contributed by atoms with Crippen LogP contribution in [0.25, 0.3) is 0 Å². The molecule has 5 heteroatoms. The largest absolute Gasteiger partial charge is 0.467 e. The molecule has 1 heterocycles. The zero-order valence-electron chi connectivity index (χ0n) is 11.3. The zero-order chi connectivity index (χ0) is 13.5. The lowest BCUT2D eigenvalue weighted by molar-refractivity contribution is -0.119. The van der Waals surface area contributed by atoms with Crippen molar-refractivity contribution in [1.29, 1.82) is 0 Å². The van der Waals surface area contributed by atoms with Gasteiger partial charge >= 0.3 is 0 Å². The molecule has 0 aliphatic heterocycles. The molecule has 1 saturated carbocycles. The Morgan fingerprint density at radius 3 is 3.00 bits per heavy atom. The van der Waals surface area contributed by atoms with Gasteiger partial charge in [0.1, 0.15) is 11.9 Å². The van der Waals surface area contributed by atoms with Crippen molar-refractivity contribution in [3.63, 3.8) is 0 Å². The molecule has 1 amide bonds. The number of ether oxygens (including phenoxy) is 1. The van der Waals surface area contributed by atoms with Crippen molar-refractivity contribution in [2.75, 3.05) is 19.4 Å². The number of furan rings is 1. The van der Waals surface area contributed by atoms with Crippen LogP contribution in [0.15, 0.2) is 22.8 Å². The van der Waals surface area contributed by atoms with E-state index in [9.17, 15) is 4.79 Å². The van der Waals surface area contributed by atoms with Gasteiger partial charge in [-0.2, -0.15) is 0 Å². The van der Waals surface area contributed by atoms with Gasteiger partial charge in [0.15, 0.2) is 0 Å². The van der Waals surface area contributed by atoms with Crippen molar-refractivity contribution >= 4 is 17.7 Å². The highest BCUT2D eigenvalue weighted by Gasteiger charge is 2.18. The number of hydrogen-bond donors (Lipinski definition) is 1. The predicted molar refractivity (Wildman–Crippen MR) is 76.2 cm³/mol. The van der Waals surface area contributed by atoms with E-state index in [0.29, 0.717) is 17.5 Å². The molecule has 1 aliphatic carbocycles. The summed E-state index contributed by atoms with van der Waals surface area (Å²) in [6.45, 7) is 0.452. The lowest BCUT2D eigenvalue weighted by Gasteiger charge is -2.14. The van der Waals surface area contributed by atoms with Crippen LogP contribution in [0.3, 0.4) is 0 Å². The molecule has 1 N–H and O–H groups in total. The Kier molecular flexibility index (Phi) is 5.79. The van der Waals surface area contributed by atoms with Crippen molar-refractivity contribution < 1.29 is 13.9 Å². The summed E-state index contributed by atoms with van der Waals surface area (Å²) in [5.41, 5.74) is 0. The minimum absolute atomic E-state index is 0.0745. The molecule has 4 nitrogen and oxygen atoms in total. The first kappa shape index (κ1) is 14.5. The fraction of sp³-hybridized carbons (Fsp3) is 0.643. The highest BCUT2D eigenvalue weighted by atomic mass is 32.2. The second kappa shape index (κ2) is 7.60. The van der Waals surface area contributed by atoms with Gasteiger partial charge in [-0.3, -0.25) is 4.79 Å². The molecule has 0 spiro atoms. The Labute approximate surface area is 118 Å². The van der Waals surface area contributed by atoms with Gasteiger partial charge in [-0.25, -0.2) is 0 Å². The fourth-order valence-electron chi connectivity index (χ4n) is 2.28. The third kappa shape index (κ3) is 4.58. The molecule has 1 aromatic heterocycles. The van der Waals surface area contributed by atoms with E-state index in [1.807, 2.05) is 12.1 Å². The standard InChI is InChI=1S/C14H21NO3S/c1-17-13(12-7-4-8-18-12)9-15-14(16)10-19-11-5-2-3-6-11/h4,7-8,11,13H,2-3,5-6,9-10H2,1H3,(H,15,16)/t13-/m0/s1. The van der Waals surface area contributed by atoms with Crippen LogP contribution in [-0.2, 0) is 9.53 Å². The van der Waals surface area contributed by atoms with E-state index >= 15 is 0 Å². The molecular weight excluding hydrogens is 262 g/mol. The summed E-state index contributed by atoms with van der Waals surface area (Å²) in [5.74, 6) is 1.36. The van der Waals surface area contributed by atoms with E-state index in [1.54, 1.807) is 25.1 Å². The van der Waals surface area contributed by atoms with Gasteiger partial charge in [-0.05, 0) is 25.0 Å². The number of thioether (sulfide) groups is 1.